The van der Waals surface area contributed by atoms with Gasteiger partial charge in [0, 0.05) is 25.6 Å². The molecule has 0 radical (unpaired) electrons. The number of nitrogens with zero attached hydrogens (tertiary/aromatic N) is 2. The third-order valence-corrected chi connectivity index (χ3v) is 3.04. The Bertz CT molecular complexity index is 570. The molecular weight excluding hydrogens is 240 g/mol. The lowest BCUT2D eigenvalue weighted by atomic mass is 10.1. The summed E-state index contributed by atoms with van der Waals surface area (Å²) in [5, 5.41) is 4.24. The molecule has 0 amide bonds. The van der Waals surface area contributed by atoms with Crippen molar-refractivity contribution in [2.75, 3.05) is 7.11 Å². The fraction of sp³-hybridized carbons (Fsp3) is 0.333. The highest BCUT2D eigenvalue weighted by molar-refractivity contribution is 5.82. The van der Waals surface area contributed by atoms with E-state index < -0.39 is 0 Å². The minimum atomic E-state index is 0.188. The van der Waals surface area contributed by atoms with Gasteiger partial charge in [-0.15, -0.1) is 0 Å². The molecule has 1 aromatic heterocycles. The van der Waals surface area contributed by atoms with Crippen molar-refractivity contribution in [1.29, 1.82) is 0 Å². The third kappa shape index (κ3) is 3.44. The zero-order valence-corrected chi connectivity index (χ0v) is 11.5. The monoisotopic (exact) mass is 258 g/mol. The van der Waals surface area contributed by atoms with Gasteiger partial charge in [-0.1, -0.05) is 12.1 Å². The maximum Gasteiger partial charge on any atom is 0.143 e. The van der Waals surface area contributed by atoms with Gasteiger partial charge in [0.05, 0.1) is 12.8 Å². The molecule has 0 N–H and O–H groups in total. The maximum absolute atomic E-state index is 12.0. The van der Waals surface area contributed by atoms with Crippen molar-refractivity contribution >= 4 is 5.78 Å². The standard InChI is InChI=1S/C15H18N2O2/c1-11-8-13(17(2)16-11)10-14(18)9-12-4-6-15(19-3)7-5-12/h4-8H,9-10H2,1-3H3. The van der Waals surface area contributed by atoms with Gasteiger partial charge in [0.2, 0.25) is 0 Å². The van der Waals surface area contributed by atoms with Crippen LogP contribution in [0.3, 0.4) is 0 Å². The maximum atomic E-state index is 12.0. The fourth-order valence-corrected chi connectivity index (χ4v) is 2.07. The molecule has 0 unspecified atom stereocenters. The van der Waals surface area contributed by atoms with E-state index in [2.05, 4.69) is 5.10 Å². The number of Topliss-reactive ketones (excluding diaryl/α,β-unsaturated/α-hetero) is 1. The van der Waals surface area contributed by atoms with Gasteiger partial charge in [-0.2, -0.15) is 5.10 Å². The first-order chi connectivity index (χ1) is 9.08. The fourth-order valence-electron chi connectivity index (χ4n) is 2.07. The Labute approximate surface area is 113 Å². The molecule has 0 spiro atoms. The number of hydrogen-bond acceptors (Lipinski definition) is 3. The second-order valence-electron chi connectivity index (χ2n) is 4.64. The van der Waals surface area contributed by atoms with Gasteiger partial charge in [-0.25, -0.2) is 0 Å². The first kappa shape index (κ1) is 13.3. The van der Waals surface area contributed by atoms with Gasteiger partial charge < -0.3 is 4.74 Å². The Balaban J connectivity index is 1.99. The number of aromatic nitrogens is 2. The second-order valence-corrected chi connectivity index (χ2v) is 4.64. The van der Waals surface area contributed by atoms with Crippen LogP contribution in [0, 0.1) is 6.92 Å². The highest BCUT2D eigenvalue weighted by Gasteiger charge is 2.09. The van der Waals surface area contributed by atoms with E-state index in [4.69, 9.17) is 4.74 Å². The Morgan fingerprint density at radius 2 is 1.95 bits per heavy atom. The molecule has 2 rings (SSSR count). The van der Waals surface area contributed by atoms with Crippen molar-refractivity contribution < 1.29 is 9.53 Å². The van der Waals surface area contributed by atoms with Crippen LogP contribution in [0.25, 0.3) is 0 Å². The molecule has 1 heterocycles. The SMILES string of the molecule is COc1ccc(CC(=O)Cc2cc(C)nn2C)cc1. The molecule has 0 saturated heterocycles. The van der Waals surface area contributed by atoms with Crippen molar-refractivity contribution in [1.82, 2.24) is 9.78 Å². The normalized spacial score (nSPS) is 10.5. The van der Waals surface area contributed by atoms with Gasteiger partial charge in [-0.05, 0) is 30.7 Å². The molecule has 4 nitrogen and oxygen atoms in total. The number of rotatable bonds is 5. The third-order valence-electron chi connectivity index (χ3n) is 3.04. The van der Waals surface area contributed by atoms with Crippen LogP contribution in [-0.4, -0.2) is 22.7 Å². The smallest absolute Gasteiger partial charge is 0.143 e. The summed E-state index contributed by atoms with van der Waals surface area (Å²) >= 11 is 0. The van der Waals surface area contributed by atoms with Crippen LogP contribution in [-0.2, 0) is 24.7 Å². The summed E-state index contributed by atoms with van der Waals surface area (Å²) in [5.41, 5.74) is 2.90. The molecule has 1 aromatic carbocycles. The summed E-state index contributed by atoms with van der Waals surface area (Å²) < 4.78 is 6.86. The first-order valence-electron chi connectivity index (χ1n) is 6.22. The van der Waals surface area contributed by atoms with Gasteiger partial charge in [0.1, 0.15) is 11.5 Å². The Kier molecular flexibility index (Phi) is 4.00. The number of carbonyl (C=O) groups is 1. The van der Waals surface area contributed by atoms with Crippen LogP contribution < -0.4 is 4.74 Å². The topological polar surface area (TPSA) is 44.1 Å². The molecule has 0 atom stereocenters. The van der Waals surface area contributed by atoms with Crippen molar-refractivity contribution in [3.05, 3.63) is 47.3 Å². The molecule has 4 heteroatoms. The highest BCUT2D eigenvalue weighted by Crippen LogP contribution is 2.13. The summed E-state index contributed by atoms with van der Waals surface area (Å²) in [7, 11) is 3.49. The van der Waals surface area contributed by atoms with Crippen LogP contribution in [0.2, 0.25) is 0 Å². The highest BCUT2D eigenvalue weighted by atomic mass is 16.5. The minimum absolute atomic E-state index is 0.188. The van der Waals surface area contributed by atoms with Gasteiger partial charge in [0.15, 0.2) is 0 Å². The van der Waals surface area contributed by atoms with E-state index in [1.165, 1.54) is 0 Å². The van der Waals surface area contributed by atoms with E-state index in [-0.39, 0.29) is 5.78 Å². The summed E-state index contributed by atoms with van der Waals surface area (Å²) in [4.78, 5) is 12.0. The van der Waals surface area contributed by atoms with Gasteiger partial charge in [0.25, 0.3) is 0 Å². The average Bonchev–Trinajstić information content (AvgIpc) is 2.68. The van der Waals surface area contributed by atoms with Gasteiger partial charge in [-0.3, -0.25) is 9.48 Å². The second kappa shape index (κ2) is 5.69. The summed E-state index contributed by atoms with van der Waals surface area (Å²) in [6.45, 7) is 1.93. The summed E-state index contributed by atoms with van der Waals surface area (Å²) in [5.74, 6) is 0.992. The zero-order chi connectivity index (χ0) is 13.8. The van der Waals surface area contributed by atoms with Crippen molar-refractivity contribution in [3.63, 3.8) is 0 Å². The number of ether oxygens (including phenoxy) is 1. The number of carbonyl (C=O) groups excluding carboxylic acids is 1. The van der Waals surface area contributed by atoms with E-state index in [0.29, 0.717) is 12.8 Å². The molecule has 19 heavy (non-hydrogen) atoms. The van der Waals surface area contributed by atoms with E-state index >= 15 is 0 Å². The Morgan fingerprint density at radius 3 is 2.47 bits per heavy atom. The average molecular weight is 258 g/mol. The quantitative estimate of drug-likeness (QED) is 0.825. The Morgan fingerprint density at radius 1 is 1.26 bits per heavy atom. The van der Waals surface area contributed by atoms with Crippen molar-refractivity contribution in [2.24, 2.45) is 7.05 Å². The van der Waals surface area contributed by atoms with E-state index in [1.54, 1.807) is 11.8 Å². The lowest BCUT2D eigenvalue weighted by molar-refractivity contribution is -0.117. The molecule has 2 aromatic rings. The van der Waals surface area contributed by atoms with E-state index in [0.717, 1.165) is 22.7 Å². The van der Waals surface area contributed by atoms with Crippen LogP contribution in [0.5, 0.6) is 5.75 Å². The van der Waals surface area contributed by atoms with Gasteiger partial charge >= 0.3 is 0 Å². The minimum Gasteiger partial charge on any atom is -0.497 e. The molecule has 100 valence electrons. The number of methoxy groups -OCH3 is 1. The predicted octanol–water partition coefficient (Wildman–Crippen LogP) is 2.09. The number of ketones is 1. The first-order valence-corrected chi connectivity index (χ1v) is 6.22. The molecule has 0 bridgehead atoms. The molecule has 0 aliphatic rings. The number of aryl methyl sites for hydroxylation is 2. The van der Waals surface area contributed by atoms with E-state index in [9.17, 15) is 4.79 Å². The number of benzene rings is 1. The predicted molar refractivity (Wildman–Crippen MR) is 73.4 cm³/mol. The molecule has 0 fully saturated rings. The molecular formula is C15H18N2O2. The van der Waals surface area contributed by atoms with Crippen LogP contribution in [0.15, 0.2) is 30.3 Å². The molecule has 0 saturated carbocycles. The number of hydrogen-bond donors (Lipinski definition) is 0. The Hall–Kier alpha value is -2.10. The van der Waals surface area contributed by atoms with Crippen LogP contribution in [0.1, 0.15) is 17.0 Å². The van der Waals surface area contributed by atoms with Crippen molar-refractivity contribution in [2.45, 2.75) is 19.8 Å². The van der Waals surface area contributed by atoms with Crippen molar-refractivity contribution in [3.8, 4) is 5.75 Å². The zero-order valence-electron chi connectivity index (χ0n) is 11.5. The molecule has 0 aliphatic heterocycles. The lowest BCUT2D eigenvalue weighted by Crippen LogP contribution is -2.10. The van der Waals surface area contributed by atoms with Crippen LogP contribution >= 0.6 is 0 Å². The molecule has 0 aliphatic carbocycles. The largest absolute Gasteiger partial charge is 0.497 e. The van der Waals surface area contributed by atoms with E-state index in [1.807, 2.05) is 44.3 Å². The van der Waals surface area contributed by atoms with Crippen LogP contribution in [0.4, 0.5) is 0 Å². The summed E-state index contributed by atoms with van der Waals surface area (Å²) in [6, 6.07) is 9.54. The lowest BCUT2D eigenvalue weighted by Gasteiger charge is -2.04. The summed E-state index contributed by atoms with van der Waals surface area (Å²) in [6.07, 6.45) is 0.859.